The second-order valence-electron chi connectivity index (χ2n) is 2.80. The highest BCUT2D eigenvalue weighted by molar-refractivity contribution is 7.13. The van der Waals surface area contributed by atoms with Gasteiger partial charge >= 0.3 is 0 Å². The summed E-state index contributed by atoms with van der Waals surface area (Å²) in [7, 11) is 0. The third-order valence-electron chi connectivity index (χ3n) is 1.76. The van der Waals surface area contributed by atoms with Crippen molar-refractivity contribution in [3.05, 3.63) is 47.5 Å². The molecule has 14 heavy (non-hydrogen) atoms. The van der Waals surface area contributed by atoms with Crippen molar-refractivity contribution in [3.63, 3.8) is 0 Å². The third kappa shape index (κ3) is 2.55. The quantitative estimate of drug-likeness (QED) is 0.752. The highest BCUT2D eigenvalue weighted by Gasteiger charge is 1.92. The van der Waals surface area contributed by atoms with Gasteiger partial charge in [0.05, 0.1) is 0 Å². The number of nitrogens with zero attached hydrogens (tertiary/aromatic N) is 1. The molecule has 0 fully saturated rings. The Morgan fingerprint density at radius 1 is 1.21 bits per heavy atom. The lowest BCUT2D eigenvalue weighted by molar-refractivity contribution is 0.799. The van der Waals surface area contributed by atoms with E-state index in [4.69, 9.17) is 0 Å². The van der Waals surface area contributed by atoms with Crippen molar-refractivity contribution in [1.82, 2.24) is 10.4 Å². The van der Waals surface area contributed by atoms with Crippen molar-refractivity contribution in [1.29, 1.82) is 0 Å². The summed E-state index contributed by atoms with van der Waals surface area (Å²) in [6.07, 6.45) is 1.77. The van der Waals surface area contributed by atoms with E-state index in [1.54, 1.807) is 17.5 Å². The van der Waals surface area contributed by atoms with Crippen LogP contribution in [-0.2, 0) is 6.54 Å². The monoisotopic (exact) mass is 205 g/mol. The molecule has 2 N–H and O–H groups in total. The number of thiazole rings is 1. The topological polar surface area (TPSA) is 37.0 Å². The Balaban J connectivity index is 1.79. The van der Waals surface area contributed by atoms with Gasteiger partial charge in [0.15, 0.2) is 5.13 Å². The van der Waals surface area contributed by atoms with Crippen LogP contribution in [0.2, 0.25) is 0 Å². The number of hydrazine groups is 1. The Morgan fingerprint density at radius 2 is 2.07 bits per heavy atom. The van der Waals surface area contributed by atoms with Gasteiger partial charge in [0.25, 0.3) is 0 Å². The van der Waals surface area contributed by atoms with Crippen molar-refractivity contribution < 1.29 is 0 Å². The average molecular weight is 205 g/mol. The number of hydrogen-bond donors (Lipinski definition) is 2. The standard InChI is InChI=1S/C10H11N3S/c1-2-4-9(5-3-1)8-12-13-10-11-6-7-14-10/h1-7,12H,8H2,(H,11,13). The summed E-state index contributed by atoms with van der Waals surface area (Å²) in [5.74, 6) is 0. The van der Waals surface area contributed by atoms with Gasteiger partial charge in [-0.1, -0.05) is 30.3 Å². The van der Waals surface area contributed by atoms with Gasteiger partial charge in [-0.05, 0) is 5.56 Å². The molecule has 0 unspecified atom stereocenters. The molecule has 1 heterocycles. The molecule has 0 aliphatic rings. The number of nitrogens with one attached hydrogen (secondary N) is 2. The number of anilines is 1. The SMILES string of the molecule is c1ccc(CNNc2nccs2)cc1. The zero-order valence-corrected chi connectivity index (χ0v) is 8.42. The maximum atomic E-state index is 4.09. The van der Waals surface area contributed by atoms with Crippen LogP contribution in [0.4, 0.5) is 5.13 Å². The summed E-state index contributed by atoms with van der Waals surface area (Å²) in [6.45, 7) is 0.792. The fraction of sp³-hybridized carbons (Fsp3) is 0.100. The Labute approximate surface area is 86.8 Å². The third-order valence-corrected chi connectivity index (χ3v) is 2.45. The number of benzene rings is 1. The minimum Gasteiger partial charge on any atom is -0.297 e. The predicted octanol–water partition coefficient (Wildman–Crippen LogP) is 2.26. The van der Waals surface area contributed by atoms with Gasteiger partial charge in [0.2, 0.25) is 0 Å². The molecule has 1 aromatic carbocycles. The highest BCUT2D eigenvalue weighted by atomic mass is 32.1. The molecule has 0 bridgehead atoms. The molecule has 0 aliphatic carbocycles. The Hall–Kier alpha value is -1.39. The van der Waals surface area contributed by atoms with Crippen molar-refractivity contribution >= 4 is 16.5 Å². The lowest BCUT2D eigenvalue weighted by atomic mass is 10.2. The van der Waals surface area contributed by atoms with Crippen LogP contribution in [0.3, 0.4) is 0 Å². The van der Waals surface area contributed by atoms with Gasteiger partial charge < -0.3 is 0 Å². The van der Waals surface area contributed by atoms with Gasteiger partial charge in [0, 0.05) is 18.1 Å². The van der Waals surface area contributed by atoms with E-state index in [0.29, 0.717) is 0 Å². The molecule has 1 aromatic heterocycles. The second kappa shape index (κ2) is 4.74. The molecule has 2 aromatic rings. The van der Waals surface area contributed by atoms with Gasteiger partial charge in [-0.15, -0.1) is 11.3 Å². The summed E-state index contributed by atoms with van der Waals surface area (Å²) in [4.78, 5) is 4.09. The van der Waals surface area contributed by atoms with Crippen molar-refractivity contribution in [2.75, 3.05) is 5.43 Å². The van der Waals surface area contributed by atoms with E-state index in [2.05, 4.69) is 28.0 Å². The van der Waals surface area contributed by atoms with Crippen molar-refractivity contribution in [2.45, 2.75) is 6.54 Å². The second-order valence-corrected chi connectivity index (χ2v) is 3.70. The van der Waals surface area contributed by atoms with E-state index in [1.807, 2.05) is 23.6 Å². The van der Waals surface area contributed by atoms with Gasteiger partial charge in [-0.25, -0.2) is 10.4 Å². The van der Waals surface area contributed by atoms with Crippen LogP contribution in [0.25, 0.3) is 0 Å². The van der Waals surface area contributed by atoms with E-state index < -0.39 is 0 Å². The Bertz CT molecular complexity index is 358. The van der Waals surface area contributed by atoms with Gasteiger partial charge in [-0.2, -0.15) is 0 Å². The van der Waals surface area contributed by atoms with E-state index in [0.717, 1.165) is 11.7 Å². The van der Waals surface area contributed by atoms with E-state index in [-0.39, 0.29) is 0 Å². The molecule has 0 aliphatic heterocycles. The summed E-state index contributed by atoms with van der Waals surface area (Å²) >= 11 is 1.57. The minimum absolute atomic E-state index is 0.792. The molecular weight excluding hydrogens is 194 g/mol. The van der Waals surface area contributed by atoms with Crippen LogP contribution in [0.15, 0.2) is 41.9 Å². The van der Waals surface area contributed by atoms with Gasteiger partial charge in [0.1, 0.15) is 0 Å². The lowest BCUT2D eigenvalue weighted by Crippen LogP contribution is -2.20. The molecule has 0 spiro atoms. The smallest absolute Gasteiger partial charge is 0.197 e. The summed E-state index contributed by atoms with van der Waals surface area (Å²) in [5.41, 5.74) is 7.38. The lowest BCUT2D eigenvalue weighted by Gasteiger charge is -2.04. The number of rotatable bonds is 4. The Kier molecular flexibility index (Phi) is 3.10. The van der Waals surface area contributed by atoms with Crippen molar-refractivity contribution in [3.8, 4) is 0 Å². The maximum Gasteiger partial charge on any atom is 0.197 e. The highest BCUT2D eigenvalue weighted by Crippen LogP contribution is 2.08. The van der Waals surface area contributed by atoms with E-state index in [9.17, 15) is 0 Å². The first-order chi connectivity index (χ1) is 6.95. The normalized spacial score (nSPS) is 10.0. The summed E-state index contributed by atoms with van der Waals surface area (Å²) < 4.78 is 0. The van der Waals surface area contributed by atoms with Crippen LogP contribution in [0.5, 0.6) is 0 Å². The fourth-order valence-corrected chi connectivity index (χ4v) is 1.61. The van der Waals surface area contributed by atoms with Crippen molar-refractivity contribution in [2.24, 2.45) is 0 Å². The average Bonchev–Trinajstić information content (AvgIpc) is 2.72. The molecule has 72 valence electrons. The van der Waals surface area contributed by atoms with Crippen LogP contribution >= 0.6 is 11.3 Å². The number of hydrogen-bond acceptors (Lipinski definition) is 4. The number of aromatic nitrogens is 1. The first-order valence-corrected chi connectivity index (χ1v) is 5.25. The molecule has 0 saturated carbocycles. The largest absolute Gasteiger partial charge is 0.297 e. The summed E-state index contributed by atoms with van der Waals surface area (Å²) in [6, 6.07) is 10.2. The zero-order valence-electron chi connectivity index (χ0n) is 7.60. The zero-order chi connectivity index (χ0) is 9.64. The molecular formula is C10H11N3S. The first-order valence-electron chi connectivity index (χ1n) is 4.37. The van der Waals surface area contributed by atoms with Crippen LogP contribution < -0.4 is 10.9 Å². The molecule has 0 amide bonds. The predicted molar refractivity (Wildman–Crippen MR) is 59.0 cm³/mol. The summed E-state index contributed by atoms with van der Waals surface area (Å²) in [5, 5.41) is 2.83. The van der Waals surface area contributed by atoms with Crippen LogP contribution in [0, 0.1) is 0 Å². The van der Waals surface area contributed by atoms with Gasteiger partial charge in [-0.3, -0.25) is 5.43 Å². The molecule has 0 atom stereocenters. The fourth-order valence-electron chi connectivity index (χ4n) is 1.10. The molecule has 0 saturated heterocycles. The molecule has 0 radical (unpaired) electrons. The minimum atomic E-state index is 0.792. The van der Waals surface area contributed by atoms with E-state index in [1.165, 1.54) is 5.56 Å². The van der Waals surface area contributed by atoms with Crippen LogP contribution in [-0.4, -0.2) is 4.98 Å². The molecule has 3 nitrogen and oxygen atoms in total. The maximum absolute atomic E-state index is 4.09. The molecule has 2 rings (SSSR count). The van der Waals surface area contributed by atoms with Crippen LogP contribution in [0.1, 0.15) is 5.56 Å². The van der Waals surface area contributed by atoms with E-state index >= 15 is 0 Å². The Morgan fingerprint density at radius 3 is 2.79 bits per heavy atom. The molecule has 4 heteroatoms. The first kappa shape index (κ1) is 9.18.